The van der Waals surface area contributed by atoms with Crippen molar-refractivity contribution < 1.29 is 9.59 Å². The van der Waals surface area contributed by atoms with Crippen molar-refractivity contribution in [3.63, 3.8) is 0 Å². The van der Waals surface area contributed by atoms with Crippen LogP contribution in [0.5, 0.6) is 0 Å². The van der Waals surface area contributed by atoms with Gasteiger partial charge in [0.2, 0.25) is 0 Å². The summed E-state index contributed by atoms with van der Waals surface area (Å²) in [5, 5.41) is 8.37. The molecule has 0 atom stereocenters. The van der Waals surface area contributed by atoms with E-state index in [1.165, 1.54) is 23.6 Å². The molecule has 0 radical (unpaired) electrons. The highest BCUT2D eigenvalue weighted by Gasteiger charge is 2.25. The first kappa shape index (κ1) is 14.0. The molecule has 0 aromatic carbocycles. The lowest BCUT2D eigenvalue weighted by atomic mass is 10.3. The van der Waals surface area contributed by atoms with Gasteiger partial charge in [-0.05, 0) is 36.4 Å². The van der Waals surface area contributed by atoms with Crippen LogP contribution in [-0.2, 0) is 0 Å². The molecule has 108 valence electrons. The maximum atomic E-state index is 12.1. The molecular weight excluding hydrogens is 310 g/mol. The van der Waals surface area contributed by atoms with Crippen molar-refractivity contribution in [1.29, 1.82) is 0 Å². The Labute approximate surface area is 130 Å². The molecule has 1 aliphatic carbocycles. The number of pyridine rings is 1. The summed E-state index contributed by atoms with van der Waals surface area (Å²) >= 11 is 7.04. The zero-order valence-electron chi connectivity index (χ0n) is 10.9. The number of rotatable bonds is 4. The first-order valence-electron chi connectivity index (χ1n) is 6.45. The number of anilines is 1. The van der Waals surface area contributed by atoms with Gasteiger partial charge in [-0.15, -0.1) is 11.3 Å². The average molecular weight is 322 g/mol. The van der Waals surface area contributed by atoms with E-state index in [0.29, 0.717) is 15.6 Å². The van der Waals surface area contributed by atoms with E-state index in [4.69, 9.17) is 11.6 Å². The molecular formula is C14H12ClN3O2S. The van der Waals surface area contributed by atoms with Gasteiger partial charge in [-0.2, -0.15) is 0 Å². The third-order valence-electron chi connectivity index (χ3n) is 3.01. The number of aromatic nitrogens is 1. The summed E-state index contributed by atoms with van der Waals surface area (Å²) in [5.41, 5.74) is 0.732. The lowest BCUT2D eigenvalue weighted by Gasteiger charge is -2.06. The van der Waals surface area contributed by atoms with Gasteiger partial charge in [0.05, 0.1) is 10.6 Å². The fourth-order valence-corrected chi connectivity index (χ4v) is 2.64. The molecule has 2 amide bonds. The lowest BCUT2D eigenvalue weighted by Crippen LogP contribution is -2.26. The van der Waals surface area contributed by atoms with E-state index in [-0.39, 0.29) is 23.6 Å². The summed E-state index contributed by atoms with van der Waals surface area (Å²) in [6.45, 7) is 0. The first-order valence-corrected chi connectivity index (χ1v) is 7.70. The van der Waals surface area contributed by atoms with Crippen LogP contribution in [0.3, 0.4) is 0 Å². The minimum atomic E-state index is -0.366. The summed E-state index contributed by atoms with van der Waals surface area (Å²) in [5.74, 6) is -0.521. The number of halogens is 1. The Kier molecular flexibility index (Phi) is 3.90. The maximum absolute atomic E-state index is 12.1. The summed E-state index contributed by atoms with van der Waals surface area (Å²) in [6.07, 6.45) is 3.45. The van der Waals surface area contributed by atoms with E-state index >= 15 is 0 Å². The fraction of sp³-hybridized carbons (Fsp3) is 0.214. The van der Waals surface area contributed by atoms with Gasteiger partial charge in [0.1, 0.15) is 10.7 Å². The second kappa shape index (κ2) is 5.83. The van der Waals surface area contributed by atoms with Crippen molar-refractivity contribution in [3.05, 3.63) is 46.1 Å². The molecule has 7 heteroatoms. The molecule has 0 unspecified atom stereocenters. The van der Waals surface area contributed by atoms with Crippen molar-refractivity contribution in [2.24, 2.45) is 0 Å². The Morgan fingerprint density at radius 2 is 2.05 bits per heavy atom. The van der Waals surface area contributed by atoms with E-state index in [0.717, 1.165) is 12.8 Å². The molecule has 5 nitrogen and oxygen atoms in total. The number of hydrogen-bond donors (Lipinski definition) is 2. The highest BCUT2D eigenvalue weighted by molar-refractivity contribution is 7.14. The van der Waals surface area contributed by atoms with Gasteiger partial charge in [0, 0.05) is 12.2 Å². The third-order valence-corrected chi connectivity index (χ3v) is 4.06. The zero-order chi connectivity index (χ0) is 14.8. The van der Waals surface area contributed by atoms with Gasteiger partial charge in [0.15, 0.2) is 0 Å². The summed E-state index contributed by atoms with van der Waals surface area (Å²) < 4.78 is 0. The molecule has 1 fully saturated rings. The standard InChI is InChI=1S/C14H12ClN3O2S/c15-8-1-4-11(16-7-8)13(20)18-14-10(5-6-21-14)12(19)17-9-2-3-9/h1,4-7,9H,2-3H2,(H,17,19)(H,18,20). The molecule has 0 aliphatic heterocycles. The van der Waals surface area contributed by atoms with Crippen LogP contribution in [0.1, 0.15) is 33.7 Å². The second-order valence-electron chi connectivity index (χ2n) is 4.73. The molecule has 1 saturated carbocycles. The van der Waals surface area contributed by atoms with Gasteiger partial charge < -0.3 is 10.6 Å². The van der Waals surface area contributed by atoms with Crippen LogP contribution in [0.15, 0.2) is 29.8 Å². The predicted octanol–water partition coefficient (Wildman–Crippen LogP) is 2.94. The minimum absolute atomic E-state index is 0.155. The number of thiophene rings is 1. The number of carbonyl (C=O) groups is 2. The van der Waals surface area contributed by atoms with E-state index < -0.39 is 0 Å². The Morgan fingerprint density at radius 3 is 2.71 bits per heavy atom. The van der Waals surface area contributed by atoms with E-state index in [1.54, 1.807) is 17.5 Å². The number of nitrogens with zero attached hydrogens (tertiary/aromatic N) is 1. The van der Waals surface area contributed by atoms with Crippen LogP contribution in [0.4, 0.5) is 5.00 Å². The number of carbonyl (C=O) groups excluding carboxylic acids is 2. The molecule has 0 bridgehead atoms. The average Bonchev–Trinajstić information content (AvgIpc) is 3.15. The first-order chi connectivity index (χ1) is 10.1. The van der Waals surface area contributed by atoms with Crippen molar-refractivity contribution in [2.45, 2.75) is 18.9 Å². The largest absolute Gasteiger partial charge is 0.349 e. The fourth-order valence-electron chi connectivity index (χ4n) is 1.75. The monoisotopic (exact) mass is 321 g/mol. The van der Waals surface area contributed by atoms with E-state index in [9.17, 15) is 9.59 Å². The van der Waals surface area contributed by atoms with Crippen LogP contribution in [0, 0.1) is 0 Å². The van der Waals surface area contributed by atoms with Gasteiger partial charge in [-0.25, -0.2) is 4.98 Å². The molecule has 0 spiro atoms. The van der Waals surface area contributed by atoms with Crippen LogP contribution in [-0.4, -0.2) is 22.8 Å². The second-order valence-corrected chi connectivity index (χ2v) is 6.08. The van der Waals surface area contributed by atoms with Crippen LogP contribution in [0.2, 0.25) is 5.02 Å². The molecule has 0 saturated heterocycles. The highest BCUT2D eigenvalue weighted by Crippen LogP contribution is 2.26. The SMILES string of the molecule is O=C(Nc1sccc1C(=O)NC1CC1)c1ccc(Cl)cn1. The zero-order valence-corrected chi connectivity index (χ0v) is 12.5. The van der Waals surface area contributed by atoms with Crippen LogP contribution >= 0.6 is 22.9 Å². The van der Waals surface area contributed by atoms with E-state index in [1.807, 2.05) is 0 Å². The minimum Gasteiger partial charge on any atom is -0.349 e. The molecule has 2 heterocycles. The molecule has 3 rings (SSSR count). The molecule has 2 N–H and O–H groups in total. The van der Waals surface area contributed by atoms with Crippen molar-refractivity contribution in [2.75, 3.05) is 5.32 Å². The van der Waals surface area contributed by atoms with Crippen LogP contribution < -0.4 is 10.6 Å². The molecule has 2 aromatic heterocycles. The molecule has 2 aromatic rings. The van der Waals surface area contributed by atoms with Crippen molar-refractivity contribution >= 4 is 39.8 Å². The van der Waals surface area contributed by atoms with Crippen molar-refractivity contribution in [3.8, 4) is 0 Å². The summed E-state index contributed by atoms with van der Waals surface area (Å²) in [6, 6.07) is 5.11. The quantitative estimate of drug-likeness (QED) is 0.909. The number of nitrogens with one attached hydrogen (secondary N) is 2. The van der Waals surface area contributed by atoms with Gasteiger partial charge in [-0.3, -0.25) is 9.59 Å². The lowest BCUT2D eigenvalue weighted by molar-refractivity contribution is 0.0952. The highest BCUT2D eigenvalue weighted by atomic mass is 35.5. The Morgan fingerprint density at radius 1 is 1.24 bits per heavy atom. The normalized spacial score (nSPS) is 13.8. The summed E-state index contributed by atoms with van der Waals surface area (Å²) in [7, 11) is 0. The number of amides is 2. The van der Waals surface area contributed by atoms with E-state index in [2.05, 4.69) is 15.6 Å². The smallest absolute Gasteiger partial charge is 0.274 e. The Balaban J connectivity index is 1.72. The summed E-state index contributed by atoms with van der Waals surface area (Å²) in [4.78, 5) is 28.1. The van der Waals surface area contributed by atoms with Gasteiger partial charge in [0.25, 0.3) is 11.8 Å². The number of hydrogen-bond acceptors (Lipinski definition) is 4. The Bertz CT molecular complexity index is 680. The Hall–Kier alpha value is -1.92. The molecule has 21 heavy (non-hydrogen) atoms. The predicted molar refractivity (Wildman–Crippen MR) is 82.0 cm³/mol. The maximum Gasteiger partial charge on any atom is 0.274 e. The van der Waals surface area contributed by atoms with Gasteiger partial charge >= 0.3 is 0 Å². The third kappa shape index (κ3) is 3.40. The van der Waals surface area contributed by atoms with Gasteiger partial charge in [-0.1, -0.05) is 11.6 Å². The topological polar surface area (TPSA) is 71.1 Å². The molecule has 1 aliphatic rings. The van der Waals surface area contributed by atoms with Crippen molar-refractivity contribution in [1.82, 2.24) is 10.3 Å². The van der Waals surface area contributed by atoms with Crippen LogP contribution in [0.25, 0.3) is 0 Å².